The van der Waals surface area contributed by atoms with E-state index in [1.54, 1.807) is 12.1 Å². The summed E-state index contributed by atoms with van der Waals surface area (Å²) in [5.41, 5.74) is 0.601. The highest BCUT2D eigenvalue weighted by atomic mass is 16.7. The Morgan fingerprint density at radius 3 is 2.03 bits per heavy atom. The van der Waals surface area contributed by atoms with Gasteiger partial charge in [-0.05, 0) is 17.0 Å². The second-order valence-electron chi connectivity index (χ2n) is 9.08. The molecule has 1 fully saturated rings. The maximum Gasteiger partial charge on any atom is 0.303 e. The van der Waals surface area contributed by atoms with Gasteiger partial charge in [0.2, 0.25) is 12.2 Å². The lowest BCUT2D eigenvalue weighted by molar-refractivity contribution is -0.257. The Hall–Kier alpha value is -3.14. The molecule has 1 aromatic carbocycles. The summed E-state index contributed by atoms with van der Waals surface area (Å²) >= 11 is 0. The number of amides is 1. The third-order valence-electron chi connectivity index (χ3n) is 5.01. The first kappa shape index (κ1) is 27.1. The molecule has 34 heavy (non-hydrogen) atoms. The van der Waals surface area contributed by atoms with Gasteiger partial charge in [-0.3, -0.25) is 19.2 Å². The molecule has 1 saturated heterocycles. The van der Waals surface area contributed by atoms with Gasteiger partial charge in [0.25, 0.3) is 0 Å². The molecular weight excluding hydrogens is 446 g/mol. The summed E-state index contributed by atoms with van der Waals surface area (Å²) in [5, 5.41) is 2.69. The van der Waals surface area contributed by atoms with Gasteiger partial charge in [0, 0.05) is 27.7 Å². The zero-order valence-corrected chi connectivity index (χ0v) is 20.6. The van der Waals surface area contributed by atoms with Crippen LogP contribution < -0.4 is 10.1 Å². The molecule has 0 bridgehead atoms. The smallest absolute Gasteiger partial charge is 0.303 e. The molecular formula is C24H33NO9. The first-order chi connectivity index (χ1) is 15.8. The Kier molecular flexibility index (Phi) is 9.03. The van der Waals surface area contributed by atoms with Crippen LogP contribution in [0.3, 0.4) is 0 Å². The van der Waals surface area contributed by atoms with Crippen LogP contribution in [0.15, 0.2) is 24.3 Å². The van der Waals surface area contributed by atoms with E-state index >= 15 is 0 Å². The summed E-state index contributed by atoms with van der Waals surface area (Å²) in [6.07, 6.45) is -4.54. The zero-order chi connectivity index (χ0) is 25.6. The summed E-state index contributed by atoms with van der Waals surface area (Å²) in [7, 11) is 0. The van der Waals surface area contributed by atoms with E-state index in [9.17, 15) is 19.2 Å². The second kappa shape index (κ2) is 11.3. The predicted octanol–water partition coefficient (Wildman–Crippen LogP) is 2.02. The normalized spacial score (nSPS) is 24.5. The fourth-order valence-corrected chi connectivity index (χ4v) is 3.71. The molecule has 5 atom stereocenters. The van der Waals surface area contributed by atoms with Crippen LogP contribution in [-0.4, -0.2) is 61.1 Å². The number of carbonyl (C=O) groups excluding carboxylic acids is 4. The number of esters is 3. The number of para-hydroxylation sites is 1. The molecule has 1 amide bonds. The Morgan fingerprint density at radius 1 is 0.912 bits per heavy atom. The topological polar surface area (TPSA) is 126 Å². The number of carbonyl (C=O) groups is 4. The minimum absolute atomic E-state index is 0.276. The third kappa shape index (κ3) is 7.44. The zero-order valence-electron chi connectivity index (χ0n) is 20.6. The van der Waals surface area contributed by atoms with Gasteiger partial charge in [0.15, 0.2) is 12.2 Å². The molecule has 1 aromatic rings. The van der Waals surface area contributed by atoms with Gasteiger partial charge in [-0.15, -0.1) is 0 Å². The molecule has 0 saturated carbocycles. The summed E-state index contributed by atoms with van der Waals surface area (Å²) in [4.78, 5) is 47.3. The molecule has 10 heteroatoms. The molecule has 0 aromatic heterocycles. The fraction of sp³-hybridized carbons (Fsp3) is 0.583. The minimum atomic E-state index is -1.17. The molecule has 188 valence electrons. The van der Waals surface area contributed by atoms with Crippen molar-refractivity contribution in [1.29, 1.82) is 0 Å². The summed E-state index contributed by atoms with van der Waals surface area (Å²) in [5.74, 6) is -1.86. The lowest BCUT2D eigenvalue weighted by Crippen LogP contribution is -2.67. The van der Waals surface area contributed by atoms with E-state index in [0.717, 1.165) is 5.56 Å². The number of hydrogen-bond acceptors (Lipinski definition) is 9. The first-order valence-electron chi connectivity index (χ1n) is 11.0. The highest BCUT2D eigenvalue weighted by Crippen LogP contribution is 2.34. The van der Waals surface area contributed by atoms with E-state index in [4.69, 9.17) is 23.7 Å². The maximum absolute atomic E-state index is 12.1. The van der Waals surface area contributed by atoms with Crippen molar-refractivity contribution in [1.82, 2.24) is 5.32 Å². The van der Waals surface area contributed by atoms with Crippen LogP contribution in [0.25, 0.3) is 0 Å². The molecule has 2 rings (SSSR count). The second-order valence-corrected chi connectivity index (χ2v) is 9.08. The molecule has 10 nitrogen and oxygen atoms in total. The van der Waals surface area contributed by atoms with E-state index in [2.05, 4.69) is 5.32 Å². The monoisotopic (exact) mass is 479 g/mol. The number of benzene rings is 1. The van der Waals surface area contributed by atoms with Crippen LogP contribution in [0, 0.1) is 0 Å². The number of ether oxygens (including phenoxy) is 5. The lowest BCUT2D eigenvalue weighted by Gasteiger charge is -2.45. The van der Waals surface area contributed by atoms with Crippen molar-refractivity contribution in [2.45, 2.75) is 84.5 Å². The van der Waals surface area contributed by atoms with Crippen molar-refractivity contribution < 1.29 is 42.9 Å². The maximum atomic E-state index is 12.1. The van der Waals surface area contributed by atoms with Crippen molar-refractivity contribution in [2.75, 3.05) is 6.61 Å². The van der Waals surface area contributed by atoms with Crippen molar-refractivity contribution in [2.24, 2.45) is 0 Å². The number of nitrogens with one attached hydrogen (secondary N) is 1. The van der Waals surface area contributed by atoms with E-state index < -0.39 is 54.5 Å². The average Bonchev–Trinajstić information content (AvgIpc) is 2.69. The Bertz CT molecular complexity index is 908. The van der Waals surface area contributed by atoms with Crippen LogP contribution in [0.1, 0.15) is 54.0 Å². The van der Waals surface area contributed by atoms with Gasteiger partial charge in [0.05, 0.1) is 0 Å². The van der Waals surface area contributed by atoms with E-state index in [-0.39, 0.29) is 12.0 Å². The molecule has 1 heterocycles. The Balaban J connectivity index is 2.53. The molecule has 1 N–H and O–H groups in total. The van der Waals surface area contributed by atoms with Crippen LogP contribution >= 0.6 is 0 Å². The van der Waals surface area contributed by atoms with Gasteiger partial charge in [-0.25, -0.2) is 0 Å². The highest BCUT2D eigenvalue weighted by Gasteiger charge is 2.52. The quantitative estimate of drug-likeness (QED) is 0.462. The molecule has 0 radical (unpaired) electrons. The van der Waals surface area contributed by atoms with E-state index in [0.29, 0.717) is 5.75 Å². The summed E-state index contributed by atoms with van der Waals surface area (Å²) in [6.45, 7) is 10.6. The number of rotatable bonds is 7. The Morgan fingerprint density at radius 2 is 1.50 bits per heavy atom. The summed E-state index contributed by atoms with van der Waals surface area (Å²) < 4.78 is 28.3. The van der Waals surface area contributed by atoms with Crippen molar-refractivity contribution >= 4 is 23.8 Å². The Labute approximate surface area is 199 Å². The van der Waals surface area contributed by atoms with Gasteiger partial charge in [-0.1, -0.05) is 39.0 Å². The van der Waals surface area contributed by atoms with Crippen LogP contribution in [-0.2, 0) is 43.5 Å². The molecule has 0 aliphatic carbocycles. The lowest BCUT2D eigenvalue weighted by atomic mass is 9.86. The first-order valence-corrected chi connectivity index (χ1v) is 11.0. The number of hydrogen-bond donors (Lipinski definition) is 1. The third-order valence-corrected chi connectivity index (χ3v) is 5.01. The molecule has 0 spiro atoms. The van der Waals surface area contributed by atoms with Crippen LogP contribution in [0.4, 0.5) is 0 Å². The molecule has 1 aliphatic rings. The SMILES string of the molecule is CC(=O)N[C@@H]1[C@H](Oc2ccccc2C(C)(C)C)O[C@H](COC(C)=O)[C@H](OC(C)=O)[C@@H]1OC(C)=O. The van der Waals surface area contributed by atoms with E-state index in [1.165, 1.54) is 27.7 Å². The highest BCUT2D eigenvalue weighted by molar-refractivity contribution is 5.73. The standard InChI is InChI=1S/C24H33NO9/c1-13(26)25-20-22(32-16(4)29)21(31-15(3)28)19(12-30-14(2)27)34-23(20)33-18-11-9-8-10-17(18)24(5,6)7/h8-11,19-23H,12H2,1-7H3,(H,25,26)/t19-,20+,21+,22-,23-/m1/s1. The van der Waals surface area contributed by atoms with Crippen molar-refractivity contribution in [3.63, 3.8) is 0 Å². The van der Waals surface area contributed by atoms with Crippen LogP contribution in [0.5, 0.6) is 5.75 Å². The summed E-state index contributed by atoms with van der Waals surface area (Å²) in [6, 6.07) is 6.31. The van der Waals surface area contributed by atoms with Gasteiger partial charge >= 0.3 is 17.9 Å². The average molecular weight is 480 g/mol. The fourth-order valence-electron chi connectivity index (χ4n) is 3.71. The largest absolute Gasteiger partial charge is 0.463 e. The van der Waals surface area contributed by atoms with Crippen LogP contribution in [0.2, 0.25) is 0 Å². The van der Waals surface area contributed by atoms with Crippen molar-refractivity contribution in [3.8, 4) is 5.75 Å². The minimum Gasteiger partial charge on any atom is -0.463 e. The van der Waals surface area contributed by atoms with Crippen molar-refractivity contribution in [3.05, 3.63) is 29.8 Å². The van der Waals surface area contributed by atoms with E-state index in [1.807, 2.05) is 32.9 Å². The van der Waals surface area contributed by atoms with Gasteiger partial charge < -0.3 is 29.0 Å². The van der Waals surface area contributed by atoms with Gasteiger partial charge in [0.1, 0.15) is 24.5 Å². The van der Waals surface area contributed by atoms with Gasteiger partial charge in [-0.2, -0.15) is 0 Å². The molecule has 0 unspecified atom stereocenters. The molecule has 1 aliphatic heterocycles. The predicted molar refractivity (Wildman–Crippen MR) is 120 cm³/mol.